The highest BCUT2D eigenvalue weighted by Gasteiger charge is 2.18. The van der Waals surface area contributed by atoms with Gasteiger partial charge in [0.2, 0.25) is 0 Å². The Labute approximate surface area is 155 Å². The van der Waals surface area contributed by atoms with Crippen LogP contribution < -0.4 is 0 Å². The zero-order chi connectivity index (χ0) is 17.8. The molecule has 2 aromatic heterocycles. The predicted molar refractivity (Wildman–Crippen MR) is 103 cm³/mol. The van der Waals surface area contributed by atoms with Gasteiger partial charge < -0.3 is 9.30 Å². The van der Waals surface area contributed by atoms with E-state index < -0.39 is 0 Å². The number of ether oxygens (including phenoxy) is 1. The molecule has 6 heteroatoms. The third kappa shape index (κ3) is 4.14. The Morgan fingerprint density at radius 3 is 2.68 bits per heavy atom. The minimum atomic E-state index is -0.185. The quantitative estimate of drug-likeness (QED) is 0.501. The van der Waals surface area contributed by atoms with Gasteiger partial charge in [-0.3, -0.25) is 0 Å². The van der Waals surface area contributed by atoms with E-state index in [0.717, 1.165) is 21.8 Å². The molecule has 3 nitrogen and oxygen atoms in total. The van der Waals surface area contributed by atoms with E-state index in [1.807, 2.05) is 24.7 Å². The number of hydrogen-bond donors (Lipinski definition) is 0. The summed E-state index contributed by atoms with van der Waals surface area (Å²) in [5, 5.41) is 1.54. The van der Waals surface area contributed by atoms with Gasteiger partial charge in [-0.2, -0.15) is 0 Å². The van der Waals surface area contributed by atoms with Crippen LogP contribution in [0.15, 0.2) is 46.9 Å². The van der Waals surface area contributed by atoms with Crippen molar-refractivity contribution in [3.05, 3.63) is 58.4 Å². The molecule has 3 aromatic rings. The summed E-state index contributed by atoms with van der Waals surface area (Å²) < 4.78 is 21.2. The Balaban J connectivity index is 2.01. The molecule has 2 heterocycles. The van der Waals surface area contributed by atoms with Crippen molar-refractivity contribution in [2.45, 2.75) is 31.4 Å². The Hall–Kier alpha value is -1.63. The molecule has 1 unspecified atom stereocenters. The first kappa shape index (κ1) is 18.2. The number of aromatic nitrogens is 2. The van der Waals surface area contributed by atoms with Gasteiger partial charge in [0.25, 0.3) is 0 Å². The minimum Gasteiger partial charge on any atom is -0.359 e. The van der Waals surface area contributed by atoms with Crippen molar-refractivity contribution < 1.29 is 9.13 Å². The van der Waals surface area contributed by atoms with Gasteiger partial charge in [-0.05, 0) is 38.3 Å². The van der Waals surface area contributed by atoms with Crippen LogP contribution in [0.4, 0.5) is 4.39 Å². The maximum absolute atomic E-state index is 13.4. The number of thiophene rings is 1. The van der Waals surface area contributed by atoms with E-state index in [4.69, 9.17) is 4.74 Å². The summed E-state index contributed by atoms with van der Waals surface area (Å²) in [4.78, 5) is 6.83. The fraction of sp³-hybridized carbons (Fsp3) is 0.316. The van der Waals surface area contributed by atoms with Crippen molar-refractivity contribution in [2.75, 3.05) is 12.9 Å². The zero-order valence-corrected chi connectivity index (χ0v) is 16.2. The molecule has 0 N–H and O–H groups in total. The summed E-state index contributed by atoms with van der Waals surface area (Å²) >= 11 is 3.14. The standard InChI is InChI=1S/C19H21FN2OS2/c1-4-23-13(2)22-12-21-19(14-5-7-16(24-3)8-6-14)18(22)10-17-9-15(20)11-25-17/h5-9,11-13H,4,10H2,1-3H3. The van der Waals surface area contributed by atoms with Crippen LogP contribution in [0, 0.1) is 5.82 Å². The topological polar surface area (TPSA) is 27.1 Å². The second-order valence-corrected chi connectivity index (χ2v) is 7.51. The molecule has 0 fully saturated rings. The van der Waals surface area contributed by atoms with Crippen LogP contribution in [-0.2, 0) is 11.2 Å². The van der Waals surface area contributed by atoms with Crippen LogP contribution in [0.5, 0.6) is 0 Å². The number of nitrogens with zero attached hydrogens (tertiary/aromatic N) is 2. The van der Waals surface area contributed by atoms with Gasteiger partial charge in [0.1, 0.15) is 12.0 Å². The van der Waals surface area contributed by atoms with Gasteiger partial charge in [0.15, 0.2) is 0 Å². The summed E-state index contributed by atoms with van der Waals surface area (Å²) in [7, 11) is 0. The first-order valence-corrected chi connectivity index (χ1v) is 10.3. The molecule has 132 valence electrons. The van der Waals surface area contributed by atoms with Crippen molar-refractivity contribution in [3.8, 4) is 11.3 Å². The van der Waals surface area contributed by atoms with Crippen molar-refractivity contribution >= 4 is 23.1 Å². The Morgan fingerprint density at radius 1 is 1.32 bits per heavy atom. The van der Waals surface area contributed by atoms with E-state index in [9.17, 15) is 4.39 Å². The van der Waals surface area contributed by atoms with Gasteiger partial charge in [-0.25, -0.2) is 9.37 Å². The summed E-state index contributed by atoms with van der Waals surface area (Å²) in [6.45, 7) is 4.61. The van der Waals surface area contributed by atoms with Crippen LogP contribution in [0.1, 0.15) is 30.6 Å². The maximum Gasteiger partial charge on any atom is 0.134 e. The molecule has 0 saturated carbocycles. The average Bonchev–Trinajstić information content (AvgIpc) is 3.22. The lowest BCUT2D eigenvalue weighted by Gasteiger charge is -2.17. The summed E-state index contributed by atoms with van der Waals surface area (Å²) in [5.41, 5.74) is 3.03. The Morgan fingerprint density at radius 2 is 2.08 bits per heavy atom. The second-order valence-electron chi connectivity index (χ2n) is 5.64. The fourth-order valence-electron chi connectivity index (χ4n) is 2.80. The number of imidazole rings is 1. The van der Waals surface area contributed by atoms with E-state index in [1.54, 1.807) is 17.8 Å². The van der Waals surface area contributed by atoms with Crippen LogP contribution >= 0.6 is 23.1 Å². The van der Waals surface area contributed by atoms with Crippen molar-refractivity contribution in [3.63, 3.8) is 0 Å². The highest BCUT2D eigenvalue weighted by molar-refractivity contribution is 7.98. The van der Waals surface area contributed by atoms with Crippen molar-refractivity contribution in [1.29, 1.82) is 0 Å². The van der Waals surface area contributed by atoms with Crippen LogP contribution in [0.3, 0.4) is 0 Å². The molecule has 25 heavy (non-hydrogen) atoms. The molecule has 0 bridgehead atoms. The average molecular weight is 377 g/mol. The molecule has 1 aromatic carbocycles. The molecule has 0 aliphatic heterocycles. The molecule has 0 spiro atoms. The summed E-state index contributed by atoms with van der Waals surface area (Å²) in [5.74, 6) is -0.185. The molecule has 0 radical (unpaired) electrons. The maximum atomic E-state index is 13.4. The highest BCUT2D eigenvalue weighted by Crippen LogP contribution is 2.30. The molecule has 0 aliphatic rings. The van der Waals surface area contributed by atoms with E-state index in [2.05, 4.69) is 35.5 Å². The molecule has 1 atom stereocenters. The third-order valence-corrected chi connectivity index (χ3v) is 5.67. The van der Waals surface area contributed by atoms with Gasteiger partial charge >= 0.3 is 0 Å². The lowest BCUT2D eigenvalue weighted by Crippen LogP contribution is -2.12. The molecule has 3 rings (SSSR count). The Bertz CT molecular complexity index is 826. The van der Waals surface area contributed by atoms with Gasteiger partial charge in [-0.1, -0.05) is 12.1 Å². The van der Waals surface area contributed by atoms with E-state index in [1.165, 1.54) is 21.6 Å². The first-order chi connectivity index (χ1) is 12.1. The molecular formula is C19H21FN2OS2. The monoisotopic (exact) mass is 376 g/mol. The minimum absolute atomic E-state index is 0.114. The number of benzene rings is 1. The number of thioether (sulfide) groups is 1. The van der Waals surface area contributed by atoms with E-state index in [-0.39, 0.29) is 12.0 Å². The van der Waals surface area contributed by atoms with E-state index >= 15 is 0 Å². The summed E-state index contributed by atoms with van der Waals surface area (Å²) in [6, 6.07) is 9.96. The number of hydrogen-bond acceptors (Lipinski definition) is 4. The fourth-order valence-corrected chi connectivity index (χ4v) is 3.94. The predicted octanol–water partition coefficient (Wildman–Crippen LogP) is 5.62. The number of rotatable bonds is 7. The molecular weight excluding hydrogens is 355 g/mol. The Kier molecular flexibility index (Phi) is 5.93. The van der Waals surface area contributed by atoms with Crippen LogP contribution in [0.25, 0.3) is 11.3 Å². The smallest absolute Gasteiger partial charge is 0.134 e. The van der Waals surface area contributed by atoms with Crippen LogP contribution in [-0.4, -0.2) is 22.4 Å². The van der Waals surface area contributed by atoms with Crippen molar-refractivity contribution in [1.82, 2.24) is 9.55 Å². The lowest BCUT2D eigenvalue weighted by atomic mass is 10.1. The largest absolute Gasteiger partial charge is 0.359 e. The van der Waals surface area contributed by atoms with Gasteiger partial charge in [-0.15, -0.1) is 23.1 Å². The second kappa shape index (κ2) is 8.17. The van der Waals surface area contributed by atoms with Crippen LogP contribution in [0.2, 0.25) is 0 Å². The lowest BCUT2D eigenvalue weighted by molar-refractivity contribution is 0.0232. The molecule has 0 saturated heterocycles. The highest BCUT2D eigenvalue weighted by atomic mass is 32.2. The number of halogens is 1. The van der Waals surface area contributed by atoms with Crippen molar-refractivity contribution in [2.24, 2.45) is 0 Å². The SMILES string of the molecule is CCOC(C)n1cnc(-c2ccc(SC)cc2)c1Cc1cc(F)cs1. The zero-order valence-electron chi connectivity index (χ0n) is 14.5. The molecule has 0 aliphatic carbocycles. The normalized spacial score (nSPS) is 12.5. The third-order valence-electron chi connectivity index (χ3n) is 4.02. The molecule has 0 amide bonds. The first-order valence-electron chi connectivity index (χ1n) is 8.17. The van der Waals surface area contributed by atoms with Gasteiger partial charge in [0.05, 0.1) is 17.7 Å². The van der Waals surface area contributed by atoms with Gasteiger partial charge in [0, 0.05) is 33.7 Å². The van der Waals surface area contributed by atoms with E-state index in [0.29, 0.717) is 13.0 Å². The summed E-state index contributed by atoms with van der Waals surface area (Å²) in [6.07, 6.45) is 4.39.